The molecule has 88 valence electrons. The van der Waals surface area contributed by atoms with E-state index in [4.69, 9.17) is 5.73 Å². The van der Waals surface area contributed by atoms with E-state index in [1.54, 1.807) is 6.20 Å². The monoisotopic (exact) mass is 220 g/mol. The molecule has 0 amide bonds. The van der Waals surface area contributed by atoms with Crippen molar-refractivity contribution in [1.29, 1.82) is 0 Å². The van der Waals surface area contributed by atoms with Crippen molar-refractivity contribution < 1.29 is 5.11 Å². The topological polar surface area (TPSA) is 59.1 Å². The predicted molar refractivity (Wildman–Crippen MR) is 63.9 cm³/mol. The van der Waals surface area contributed by atoms with E-state index in [0.29, 0.717) is 12.5 Å². The maximum Gasteiger partial charge on any atom is 0.0669 e. The largest absolute Gasteiger partial charge is 0.392 e. The fraction of sp³-hybridized carbons (Fsp3) is 0.615. The first-order valence-corrected chi connectivity index (χ1v) is 5.85. The molecule has 3 nitrogen and oxygen atoms in total. The van der Waals surface area contributed by atoms with E-state index in [-0.39, 0.29) is 17.4 Å². The average molecular weight is 220 g/mol. The van der Waals surface area contributed by atoms with Crippen LogP contribution in [0, 0.1) is 11.3 Å². The quantitative estimate of drug-likeness (QED) is 0.809. The van der Waals surface area contributed by atoms with Crippen LogP contribution in [-0.2, 0) is 0 Å². The lowest BCUT2D eigenvalue weighted by molar-refractivity contribution is 0.108. The van der Waals surface area contributed by atoms with Gasteiger partial charge in [0, 0.05) is 24.4 Å². The minimum Gasteiger partial charge on any atom is -0.392 e. The van der Waals surface area contributed by atoms with Crippen molar-refractivity contribution in [3.8, 4) is 0 Å². The molecule has 1 heterocycles. The highest BCUT2D eigenvalue weighted by Crippen LogP contribution is 2.55. The third kappa shape index (κ3) is 2.11. The Hall–Kier alpha value is -0.930. The molecule has 1 aromatic rings. The smallest absolute Gasteiger partial charge is 0.0669 e. The fourth-order valence-electron chi connectivity index (χ4n) is 2.40. The second-order valence-electron chi connectivity index (χ2n) is 5.39. The molecule has 0 spiro atoms. The maximum atomic E-state index is 10.3. The highest BCUT2D eigenvalue weighted by molar-refractivity contribution is 5.15. The van der Waals surface area contributed by atoms with Gasteiger partial charge < -0.3 is 10.8 Å². The lowest BCUT2D eigenvalue weighted by Gasteiger charge is -2.22. The van der Waals surface area contributed by atoms with Crippen LogP contribution in [0.5, 0.6) is 0 Å². The van der Waals surface area contributed by atoms with Gasteiger partial charge in [-0.25, -0.2) is 0 Å². The molecular formula is C13H20N2O. The molecule has 16 heavy (non-hydrogen) atoms. The Kier molecular flexibility index (Phi) is 3.00. The van der Waals surface area contributed by atoms with E-state index in [1.807, 2.05) is 18.2 Å². The molecular weight excluding hydrogens is 200 g/mol. The van der Waals surface area contributed by atoms with Gasteiger partial charge in [0.2, 0.25) is 0 Å². The zero-order valence-corrected chi connectivity index (χ0v) is 9.93. The molecule has 3 unspecified atom stereocenters. The van der Waals surface area contributed by atoms with Crippen LogP contribution < -0.4 is 5.73 Å². The molecule has 0 saturated heterocycles. The molecule has 1 aliphatic rings. The van der Waals surface area contributed by atoms with Gasteiger partial charge in [0.15, 0.2) is 0 Å². The van der Waals surface area contributed by atoms with Crippen molar-refractivity contribution in [2.24, 2.45) is 17.1 Å². The van der Waals surface area contributed by atoms with Crippen LogP contribution in [0.3, 0.4) is 0 Å². The molecule has 0 aromatic carbocycles. The number of hydrogen-bond donors (Lipinski definition) is 2. The predicted octanol–water partition coefficient (Wildman–Crippen LogP) is 1.53. The third-order valence-electron chi connectivity index (χ3n) is 3.74. The molecule has 3 atom stereocenters. The van der Waals surface area contributed by atoms with Gasteiger partial charge in [-0.05, 0) is 29.9 Å². The third-order valence-corrected chi connectivity index (χ3v) is 3.74. The zero-order valence-electron chi connectivity index (χ0n) is 9.93. The summed E-state index contributed by atoms with van der Waals surface area (Å²) in [5.74, 6) is 0.330. The summed E-state index contributed by atoms with van der Waals surface area (Å²) in [5, 5.41) is 10.3. The number of rotatable bonds is 4. The lowest BCUT2D eigenvalue weighted by Crippen LogP contribution is -2.29. The summed E-state index contributed by atoms with van der Waals surface area (Å²) < 4.78 is 0. The summed E-state index contributed by atoms with van der Waals surface area (Å²) >= 11 is 0. The van der Waals surface area contributed by atoms with Gasteiger partial charge in [-0.15, -0.1) is 0 Å². The Balaban J connectivity index is 2.12. The second kappa shape index (κ2) is 4.15. The summed E-state index contributed by atoms with van der Waals surface area (Å²) in [7, 11) is 0. The van der Waals surface area contributed by atoms with Gasteiger partial charge >= 0.3 is 0 Å². The van der Waals surface area contributed by atoms with Gasteiger partial charge in [0.25, 0.3) is 0 Å². The molecule has 1 saturated carbocycles. The van der Waals surface area contributed by atoms with Gasteiger partial charge in [0.1, 0.15) is 0 Å². The van der Waals surface area contributed by atoms with E-state index >= 15 is 0 Å². The zero-order chi connectivity index (χ0) is 11.8. The SMILES string of the molecule is CC1(C)CC1C(O)C(CN)c1ccccn1. The summed E-state index contributed by atoms with van der Waals surface area (Å²) in [4.78, 5) is 4.29. The number of nitrogens with zero attached hydrogens (tertiary/aromatic N) is 1. The minimum absolute atomic E-state index is 0.0343. The minimum atomic E-state index is -0.366. The van der Waals surface area contributed by atoms with Crippen LogP contribution >= 0.6 is 0 Å². The molecule has 3 N–H and O–H groups in total. The van der Waals surface area contributed by atoms with Crippen molar-refractivity contribution in [2.75, 3.05) is 6.54 Å². The van der Waals surface area contributed by atoms with Gasteiger partial charge in [0.05, 0.1) is 6.10 Å². The molecule has 3 heteroatoms. The molecule has 0 radical (unpaired) electrons. The molecule has 1 aromatic heterocycles. The van der Waals surface area contributed by atoms with Crippen LogP contribution in [0.15, 0.2) is 24.4 Å². The van der Waals surface area contributed by atoms with E-state index in [1.165, 1.54) is 0 Å². The van der Waals surface area contributed by atoms with Crippen LogP contribution in [0.2, 0.25) is 0 Å². The lowest BCUT2D eigenvalue weighted by atomic mass is 9.91. The van der Waals surface area contributed by atoms with Crippen molar-refractivity contribution in [3.63, 3.8) is 0 Å². The van der Waals surface area contributed by atoms with Crippen molar-refractivity contribution in [1.82, 2.24) is 4.98 Å². The average Bonchev–Trinajstić information content (AvgIpc) is 2.90. The second-order valence-corrected chi connectivity index (χ2v) is 5.39. The Morgan fingerprint density at radius 3 is 2.69 bits per heavy atom. The number of aliphatic hydroxyl groups excluding tert-OH is 1. The standard InChI is InChI=1S/C13H20N2O/c1-13(2)7-10(13)12(16)9(8-14)11-5-3-4-6-15-11/h3-6,9-10,12,16H,7-8,14H2,1-2H3. The fourth-order valence-corrected chi connectivity index (χ4v) is 2.40. The van der Waals surface area contributed by atoms with Crippen LogP contribution in [0.4, 0.5) is 0 Å². The Bertz CT molecular complexity index is 350. The van der Waals surface area contributed by atoms with Crippen molar-refractivity contribution >= 4 is 0 Å². The summed E-state index contributed by atoms with van der Waals surface area (Å²) in [6.45, 7) is 4.82. The summed E-state index contributed by atoms with van der Waals surface area (Å²) in [6, 6.07) is 5.76. The Labute approximate surface area is 96.7 Å². The van der Waals surface area contributed by atoms with E-state index in [2.05, 4.69) is 18.8 Å². The molecule has 0 bridgehead atoms. The van der Waals surface area contributed by atoms with Crippen LogP contribution in [0.25, 0.3) is 0 Å². The molecule has 0 aliphatic heterocycles. The van der Waals surface area contributed by atoms with Crippen LogP contribution in [-0.4, -0.2) is 22.7 Å². The van der Waals surface area contributed by atoms with Gasteiger partial charge in [-0.1, -0.05) is 19.9 Å². The first-order chi connectivity index (χ1) is 7.56. The maximum absolute atomic E-state index is 10.3. The Morgan fingerprint density at radius 2 is 2.25 bits per heavy atom. The van der Waals surface area contributed by atoms with Crippen LogP contribution in [0.1, 0.15) is 31.9 Å². The van der Waals surface area contributed by atoms with E-state index in [9.17, 15) is 5.11 Å². The molecule has 1 fully saturated rings. The number of aromatic nitrogens is 1. The van der Waals surface area contributed by atoms with Gasteiger partial charge in [-0.2, -0.15) is 0 Å². The van der Waals surface area contributed by atoms with E-state index < -0.39 is 0 Å². The van der Waals surface area contributed by atoms with Gasteiger partial charge in [-0.3, -0.25) is 4.98 Å². The number of hydrogen-bond acceptors (Lipinski definition) is 3. The Morgan fingerprint density at radius 1 is 1.56 bits per heavy atom. The number of aliphatic hydroxyl groups is 1. The highest BCUT2D eigenvalue weighted by atomic mass is 16.3. The van der Waals surface area contributed by atoms with Crippen molar-refractivity contribution in [3.05, 3.63) is 30.1 Å². The normalized spacial score (nSPS) is 26.1. The highest BCUT2D eigenvalue weighted by Gasteiger charge is 2.51. The first kappa shape index (κ1) is 11.6. The first-order valence-electron chi connectivity index (χ1n) is 5.85. The molecule has 2 rings (SSSR count). The van der Waals surface area contributed by atoms with E-state index in [0.717, 1.165) is 12.1 Å². The molecule has 1 aliphatic carbocycles. The number of pyridine rings is 1. The number of nitrogens with two attached hydrogens (primary N) is 1. The van der Waals surface area contributed by atoms with Crippen molar-refractivity contribution in [2.45, 2.75) is 32.3 Å². The summed E-state index contributed by atoms with van der Waals surface area (Å²) in [6.07, 6.45) is 2.47. The summed E-state index contributed by atoms with van der Waals surface area (Å²) in [5.41, 5.74) is 6.93.